The number of unbranched alkanes of at least 4 members (excludes halogenated alkanes) is 1. The molecule has 178 valence electrons. The van der Waals surface area contributed by atoms with Gasteiger partial charge in [0.25, 0.3) is 11.8 Å². The number of amides is 2. The number of halogens is 2. The van der Waals surface area contributed by atoms with Crippen molar-refractivity contribution in [2.24, 2.45) is 11.0 Å². The molecule has 2 N–H and O–H groups in total. The summed E-state index contributed by atoms with van der Waals surface area (Å²) in [6.45, 7) is 6.27. The molecule has 0 spiro atoms. The minimum Gasteiger partial charge on any atom is -0.493 e. The van der Waals surface area contributed by atoms with Crippen LogP contribution in [0.3, 0.4) is 0 Å². The summed E-state index contributed by atoms with van der Waals surface area (Å²) in [7, 11) is 1.55. The number of nitrogens with zero attached hydrogens (tertiary/aromatic N) is 1. The maximum Gasteiger partial charge on any atom is 0.262 e. The van der Waals surface area contributed by atoms with Crippen molar-refractivity contribution < 1.29 is 23.5 Å². The molecule has 0 aromatic heterocycles. The molecule has 7 nitrogen and oxygen atoms in total. The number of hydrogen-bond donors (Lipinski definition) is 2. The van der Waals surface area contributed by atoms with Gasteiger partial charge in [0.15, 0.2) is 11.5 Å². The summed E-state index contributed by atoms with van der Waals surface area (Å²) in [5, 5.41) is 6.68. The lowest BCUT2D eigenvalue weighted by Crippen LogP contribution is -2.48. The van der Waals surface area contributed by atoms with E-state index in [2.05, 4.69) is 38.7 Å². The Morgan fingerprint density at radius 2 is 1.91 bits per heavy atom. The molecule has 0 bridgehead atoms. The molecule has 0 aliphatic rings. The van der Waals surface area contributed by atoms with Crippen molar-refractivity contribution in [3.8, 4) is 11.5 Å². The average Bonchev–Trinajstić information content (AvgIpc) is 2.78. The van der Waals surface area contributed by atoms with E-state index < -0.39 is 23.7 Å². The topological polar surface area (TPSA) is 89.0 Å². The van der Waals surface area contributed by atoms with Crippen molar-refractivity contribution in [2.75, 3.05) is 13.7 Å². The maximum atomic E-state index is 13.1. The lowest BCUT2D eigenvalue weighted by molar-refractivity contribution is -0.123. The highest BCUT2D eigenvalue weighted by atomic mass is 79.9. The molecule has 0 fully saturated rings. The number of carbonyl (C=O) groups is 2. The van der Waals surface area contributed by atoms with Crippen LogP contribution in [0.1, 0.15) is 49.5 Å². The van der Waals surface area contributed by atoms with Gasteiger partial charge < -0.3 is 14.8 Å². The van der Waals surface area contributed by atoms with Gasteiger partial charge in [-0.1, -0.05) is 27.2 Å². The van der Waals surface area contributed by atoms with Gasteiger partial charge in [0.2, 0.25) is 0 Å². The van der Waals surface area contributed by atoms with E-state index in [9.17, 15) is 14.0 Å². The monoisotopic (exact) mass is 521 g/mol. The van der Waals surface area contributed by atoms with Gasteiger partial charge in [0.05, 0.1) is 24.4 Å². The van der Waals surface area contributed by atoms with Crippen LogP contribution in [-0.4, -0.2) is 37.8 Å². The van der Waals surface area contributed by atoms with E-state index in [4.69, 9.17) is 9.47 Å². The minimum absolute atomic E-state index is 0.196. The normalized spacial score (nSPS) is 12.0. The summed E-state index contributed by atoms with van der Waals surface area (Å²) in [6, 6.07) is 7.83. The van der Waals surface area contributed by atoms with Gasteiger partial charge >= 0.3 is 0 Å². The molecule has 9 heteroatoms. The zero-order chi connectivity index (χ0) is 24.4. The van der Waals surface area contributed by atoms with Crippen LogP contribution >= 0.6 is 15.9 Å². The van der Waals surface area contributed by atoms with Crippen LogP contribution in [0.5, 0.6) is 11.5 Å². The van der Waals surface area contributed by atoms with Crippen molar-refractivity contribution in [3.63, 3.8) is 0 Å². The number of rotatable bonds is 11. The highest BCUT2D eigenvalue weighted by molar-refractivity contribution is 9.10. The minimum atomic E-state index is -0.824. The highest BCUT2D eigenvalue weighted by Crippen LogP contribution is 2.36. The molecule has 2 aromatic carbocycles. The van der Waals surface area contributed by atoms with Crippen LogP contribution < -0.4 is 20.2 Å². The molecule has 0 heterocycles. The second-order valence-electron chi connectivity index (χ2n) is 7.67. The fourth-order valence-electron chi connectivity index (χ4n) is 2.87. The third-order valence-corrected chi connectivity index (χ3v) is 5.32. The Morgan fingerprint density at radius 1 is 1.21 bits per heavy atom. The zero-order valence-electron chi connectivity index (χ0n) is 19.2. The molecule has 0 saturated heterocycles. The quantitative estimate of drug-likeness (QED) is 0.255. The predicted octanol–water partition coefficient (Wildman–Crippen LogP) is 4.68. The Balaban J connectivity index is 2.05. The molecule has 1 atom stereocenters. The first kappa shape index (κ1) is 26.3. The summed E-state index contributed by atoms with van der Waals surface area (Å²) in [5.41, 5.74) is 3.40. The van der Waals surface area contributed by atoms with E-state index in [0.717, 1.165) is 12.8 Å². The molecule has 0 radical (unpaired) electrons. The molecule has 2 aromatic rings. The summed E-state index contributed by atoms with van der Waals surface area (Å²) < 4.78 is 25.0. The van der Waals surface area contributed by atoms with E-state index >= 15 is 0 Å². The molecule has 2 rings (SSSR count). The Hall–Kier alpha value is -2.94. The van der Waals surface area contributed by atoms with E-state index in [1.165, 1.54) is 30.5 Å². The van der Waals surface area contributed by atoms with Crippen molar-refractivity contribution in [1.29, 1.82) is 0 Å². The third-order valence-electron chi connectivity index (χ3n) is 4.73. The lowest BCUT2D eigenvalue weighted by atomic mass is 10.0. The van der Waals surface area contributed by atoms with Gasteiger partial charge in [0.1, 0.15) is 11.9 Å². The largest absolute Gasteiger partial charge is 0.493 e. The summed E-state index contributed by atoms with van der Waals surface area (Å²) in [5.74, 6) is -0.431. The Kier molecular flexibility index (Phi) is 10.3. The van der Waals surface area contributed by atoms with Gasteiger partial charge in [-0.3, -0.25) is 9.59 Å². The third kappa shape index (κ3) is 7.85. The molecule has 0 saturated carbocycles. The van der Waals surface area contributed by atoms with E-state index in [0.29, 0.717) is 28.1 Å². The first-order valence-corrected chi connectivity index (χ1v) is 11.5. The number of ether oxygens (including phenoxy) is 2. The van der Waals surface area contributed by atoms with E-state index in [-0.39, 0.29) is 11.5 Å². The van der Waals surface area contributed by atoms with E-state index in [1.54, 1.807) is 33.1 Å². The second kappa shape index (κ2) is 12.9. The number of hydrazone groups is 1. The predicted molar refractivity (Wildman–Crippen MR) is 129 cm³/mol. The van der Waals surface area contributed by atoms with E-state index in [1.807, 2.05) is 0 Å². The standard InChI is InChI=1S/C24H29BrFN3O4/c1-5-6-11-33-22-19(25)12-16(13-20(22)32-4)14-27-29-24(31)21(15(2)3)28-23(30)17-7-9-18(26)10-8-17/h7-10,12-15,21H,5-6,11H2,1-4H3,(H,28,30)(H,29,31). The Morgan fingerprint density at radius 3 is 2.52 bits per heavy atom. The summed E-state index contributed by atoms with van der Waals surface area (Å²) >= 11 is 3.48. The van der Waals surface area contributed by atoms with Gasteiger partial charge in [0, 0.05) is 5.56 Å². The van der Waals surface area contributed by atoms with Crippen LogP contribution in [0.15, 0.2) is 46.0 Å². The summed E-state index contributed by atoms with van der Waals surface area (Å²) in [6.07, 6.45) is 3.42. The molecular weight excluding hydrogens is 493 g/mol. The number of nitrogens with one attached hydrogen (secondary N) is 2. The molecule has 2 amide bonds. The molecule has 0 aliphatic heterocycles. The van der Waals surface area contributed by atoms with Crippen LogP contribution in [0, 0.1) is 11.7 Å². The van der Waals surface area contributed by atoms with Crippen molar-refractivity contribution in [2.45, 2.75) is 39.7 Å². The Labute approximate surface area is 201 Å². The van der Waals surface area contributed by atoms with Crippen LogP contribution in [0.2, 0.25) is 0 Å². The number of carbonyl (C=O) groups excluding carboxylic acids is 2. The zero-order valence-corrected chi connectivity index (χ0v) is 20.7. The molecule has 0 aliphatic carbocycles. The molecular formula is C24H29BrFN3O4. The highest BCUT2D eigenvalue weighted by Gasteiger charge is 2.24. The summed E-state index contributed by atoms with van der Waals surface area (Å²) in [4.78, 5) is 25.1. The fraction of sp³-hybridized carbons (Fsp3) is 0.375. The van der Waals surface area contributed by atoms with Gasteiger partial charge in [-0.05, 0) is 70.2 Å². The first-order chi connectivity index (χ1) is 15.8. The molecule has 1 unspecified atom stereocenters. The lowest BCUT2D eigenvalue weighted by Gasteiger charge is -2.20. The van der Waals surface area contributed by atoms with Gasteiger partial charge in [-0.15, -0.1) is 0 Å². The van der Waals surface area contributed by atoms with Crippen LogP contribution in [0.25, 0.3) is 0 Å². The van der Waals surface area contributed by atoms with Crippen LogP contribution in [0.4, 0.5) is 4.39 Å². The van der Waals surface area contributed by atoms with Gasteiger partial charge in [-0.25, -0.2) is 9.82 Å². The molecule has 33 heavy (non-hydrogen) atoms. The average molecular weight is 522 g/mol. The van der Waals surface area contributed by atoms with Crippen LogP contribution in [-0.2, 0) is 4.79 Å². The first-order valence-electron chi connectivity index (χ1n) is 10.7. The fourth-order valence-corrected chi connectivity index (χ4v) is 3.45. The maximum absolute atomic E-state index is 13.1. The van der Waals surface area contributed by atoms with Crippen molar-refractivity contribution in [1.82, 2.24) is 10.7 Å². The Bertz CT molecular complexity index is 980. The number of hydrogen-bond acceptors (Lipinski definition) is 5. The van der Waals surface area contributed by atoms with Crippen molar-refractivity contribution in [3.05, 3.63) is 57.8 Å². The SMILES string of the molecule is CCCCOc1c(Br)cc(C=NNC(=O)C(NC(=O)c2ccc(F)cc2)C(C)C)cc1OC. The smallest absolute Gasteiger partial charge is 0.262 e. The van der Waals surface area contributed by atoms with Gasteiger partial charge in [-0.2, -0.15) is 5.10 Å². The second-order valence-corrected chi connectivity index (χ2v) is 8.53. The number of methoxy groups -OCH3 is 1. The van der Waals surface area contributed by atoms with Crippen molar-refractivity contribution >= 4 is 34.0 Å². The number of benzene rings is 2.